The summed E-state index contributed by atoms with van der Waals surface area (Å²) in [5, 5.41) is 0. The van der Waals surface area contributed by atoms with Crippen molar-refractivity contribution in [1.82, 2.24) is 19.3 Å². The average molecular weight is 732 g/mol. The first-order valence-electron chi connectivity index (χ1n) is 19.0. The van der Waals surface area contributed by atoms with Crippen LogP contribution in [-0.4, -0.2) is 77.3 Å². The van der Waals surface area contributed by atoms with Crippen LogP contribution in [0.5, 0.6) is 0 Å². The fourth-order valence-corrected chi connectivity index (χ4v) is 7.73. The third-order valence-electron chi connectivity index (χ3n) is 11.1. The molecule has 1 atom stereocenters. The summed E-state index contributed by atoms with van der Waals surface area (Å²) in [5.74, 6) is 6.23. The lowest BCUT2D eigenvalue weighted by atomic mass is 9.89. The summed E-state index contributed by atoms with van der Waals surface area (Å²) in [5.41, 5.74) is 10.8. The monoisotopic (exact) mass is 731 g/mol. The number of para-hydroxylation sites is 1. The van der Waals surface area contributed by atoms with Crippen molar-refractivity contribution in [3.8, 4) is 23.1 Å². The molecule has 0 bridgehead atoms. The number of carbonyl (C=O) groups is 3. The molecule has 3 amide bonds. The van der Waals surface area contributed by atoms with Crippen LogP contribution < -0.4 is 4.90 Å². The van der Waals surface area contributed by atoms with Gasteiger partial charge >= 0.3 is 0 Å². The molecular weight excluding hydrogens is 683 g/mol. The molecule has 2 aliphatic rings. The van der Waals surface area contributed by atoms with Gasteiger partial charge in [0.25, 0.3) is 11.8 Å². The Bertz CT molecular complexity index is 2310. The minimum Gasteiger partial charge on any atom is -0.347 e. The van der Waals surface area contributed by atoms with E-state index >= 15 is 0 Å². The minimum atomic E-state index is -0.112. The molecule has 1 aromatic heterocycles. The van der Waals surface area contributed by atoms with Gasteiger partial charge in [-0.15, -0.1) is 0 Å². The van der Waals surface area contributed by atoms with Gasteiger partial charge in [0.05, 0.1) is 18.5 Å². The maximum atomic E-state index is 14.9. The molecule has 2 aliphatic heterocycles. The van der Waals surface area contributed by atoms with E-state index in [1.165, 1.54) is 5.56 Å². The zero-order valence-corrected chi connectivity index (χ0v) is 32.7. The molecule has 280 valence electrons. The summed E-state index contributed by atoms with van der Waals surface area (Å²) in [6.07, 6.45) is 1.75. The van der Waals surface area contributed by atoms with Crippen LogP contribution in [0.2, 0.25) is 0 Å². The second kappa shape index (κ2) is 15.8. The van der Waals surface area contributed by atoms with E-state index < -0.39 is 0 Å². The molecule has 5 aromatic rings. The van der Waals surface area contributed by atoms with Crippen molar-refractivity contribution in [2.24, 2.45) is 7.05 Å². The molecule has 3 heterocycles. The van der Waals surface area contributed by atoms with E-state index in [2.05, 4.69) is 43.0 Å². The molecule has 8 heteroatoms. The molecule has 0 fully saturated rings. The van der Waals surface area contributed by atoms with Crippen molar-refractivity contribution in [2.45, 2.75) is 52.2 Å². The van der Waals surface area contributed by atoms with Gasteiger partial charge in [-0.05, 0) is 111 Å². The second-order valence-electron chi connectivity index (χ2n) is 15.2. The highest BCUT2D eigenvalue weighted by atomic mass is 16.2. The third kappa shape index (κ3) is 7.85. The molecule has 0 radical (unpaired) electrons. The van der Waals surface area contributed by atoms with Crippen LogP contribution in [0.1, 0.15) is 66.7 Å². The van der Waals surface area contributed by atoms with Crippen molar-refractivity contribution in [1.29, 1.82) is 0 Å². The van der Waals surface area contributed by atoms with E-state index in [-0.39, 0.29) is 23.8 Å². The van der Waals surface area contributed by atoms with Crippen LogP contribution in [0.15, 0.2) is 97.1 Å². The van der Waals surface area contributed by atoms with E-state index in [1.807, 2.05) is 120 Å². The van der Waals surface area contributed by atoms with Crippen LogP contribution in [0, 0.1) is 18.8 Å². The fraction of sp³-hybridized carbons (Fsp3) is 0.298. The minimum absolute atomic E-state index is 0.00141. The third-order valence-corrected chi connectivity index (χ3v) is 11.1. The highest BCUT2D eigenvalue weighted by Gasteiger charge is 2.32. The van der Waals surface area contributed by atoms with Crippen molar-refractivity contribution >= 4 is 23.4 Å². The number of benzene rings is 4. The van der Waals surface area contributed by atoms with E-state index in [4.69, 9.17) is 0 Å². The molecule has 8 nitrogen and oxygen atoms in total. The molecule has 55 heavy (non-hydrogen) atoms. The number of anilines is 1. The molecule has 7 rings (SSSR count). The molecule has 0 aliphatic carbocycles. The van der Waals surface area contributed by atoms with Gasteiger partial charge in [-0.2, -0.15) is 0 Å². The first-order chi connectivity index (χ1) is 26.5. The first-order valence-corrected chi connectivity index (χ1v) is 19.0. The topological polar surface area (TPSA) is 69.1 Å². The van der Waals surface area contributed by atoms with Crippen molar-refractivity contribution in [3.05, 3.63) is 147 Å². The molecule has 0 N–H and O–H groups in total. The number of amides is 3. The lowest BCUT2D eigenvalue weighted by Crippen LogP contribution is -2.43. The maximum absolute atomic E-state index is 14.9. The summed E-state index contributed by atoms with van der Waals surface area (Å²) in [6.45, 7) is 6.29. The number of hydrogen-bond acceptors (Lipinski definition) is 4. The Balaban J connectivity index is 1.21. The quantitative estimate of drug-likeness (QED) is 0.171. The molecule has 0 unspecified atom stereocenters. The van der Waals surface area contributed by atoms with Gasteiger partial charge in [0.15, 0.2) is 0 Å². The second-order valence-corrected chi connectivity index (χ2v) is 15.2. The number of rotatable bonds is 7. The van der Waals surface area contributed by atoms with E-state index in [0.717, 1.165) is 56.9 Å². The summed E-state index contributed by atoms with van der Waals surface area (Å²) in [7, 11) is 7.73. The Labute approximate surface area is 325 Å². The Morgan fingerprint density at radius 3 is 2.24 bits per heavy atom. The molecule has 0 saturated heterocycles. The smallest absolute Gasteiger partial charge is 0.259 e. The van der Waals surface area contributed by atoms with E-state index in [1.54, 1.807) is 11.9 Å². The van der Waals surface area contributed by atoms with Gasteiger partial charge in [0.2, 0.25) is 5.91 Å². The Kier molecular flexibility index (Phi) is 10.8. The van der Waals surface area contributed by atoms with Crippen molar-refractivity contribution in [2.75, 3.05) is 39.1 Å². The summed E-state index contributed by atoms with van der Waals surface area (Å²) in [4.78, 5) is 50.1. The Morgan fingerprint density at radius 2 is 1.51 bits per heavy atom. The van der Waals surface area contributed by atoms with Gasteiger partial charge in [-0.1, -0.05) is 66.4 Å². The largest absolute Gasteiger partial charge is 0.347 e. The summed E-state index contributed by atoms with van der Waals surface area (Å²) >= 11 is 0. The fourth-order valence-electron chi connectivity index (χ4n) is 7.73. The summed E-state index contributed by atoms with van der Waals surface area (Å²) < 4.78 is 2.03. The van der Waals surface area contributed by atoms with Gasteiger partial charge < -0.3 is 19.3 Å². The van der Waals surface area contributed by atoms with Gasteiger partial charge in [0, 0.05) is 73.5 Å². The lowest BCUT2D eigenvalue weighted by Gasteiger charge is -2.36. The van der Waals surface area contributed by atoms with Crippen LogP contribution in [0.25, 0.3) is 11.3 Å². The zero-order valence-electron chi connectivity index (χ0n) is 32.7. The van der Waals surface area contributed by atoms with Crippen LogP contribution in [0.3, 0.4) is 0 Å². The Hall–Kier alpha value is -5.91. The SMILES string of the molecule is Cc1c(C(=O)N(C)c2ccccc2)cc(-c2cc3c(cc2C(=O)N2Cc4ccccc4C[C@H]2C)CN(C(=O)Cc2ccc(C#CCN(C)C)cc2)CC3)n1C. The average Bonchev–Trinajstić information content (AvgIpc) is 3.49. The number of carbonyl (C=O) groups excluding carboxylic acids is 3. The van der Waals surface area contributed by atoms with Gasteiger partial charge in [0.1, 0.15) is 0 Å². The highest BCUT2D eigenvalue weighted by Crippen LogP contribution is 2.36. The standard InChI is InChI=1S/C47H49N5O3/c1-32-25-36-14-10-11-15-38(36)31-52(32)47(55)43-28-39-30-51(45(53)26-35-20-18-34(19-21-35)13-12-23-48(3)4)24-22-37(39)27-42(43)44-29-41(33(2)49(44)5)46(54)50(6)40-16-8-7-9-17-40/h7-11,14-21,27-29,32H,22-26,30-31H2,1-6H3/t32-/m1/s1. The highest BCUT2D eigenvalue weighted by molar-refractivity contribution is 6.08. The van der Waals surface area contributed by atoms with Crippen molar-refractivity contribution < 1.29 is 14.4 Å². The number of nitrogens with zero attached hydrogens (tertiary/aromatic N) is 5. The lowest BCUT2D eigenvalue weighted by molar-refractivity contribution is -0.131. The molecule has 4 aromatic carbocycles. The van der Waals surface area contributed by atoms with Crippen molar-refractivity contribution in [3.63, 3.8) is 0 Å². The molecular formula is C47H49N5O3. The molecule has 0 saturated carbocycles. The van der Waals surface area contributed by atoms with Crippen LogP contribution in [0.4, 0.5) is 5.69 Å². The Morgan fingerprint density at radius 1 is 0.800 bits per heavy atom. The normalized spacial score (nSPS) is 14.9. The van der Waals surface area contributed by atoms with Crippen LogP contribution >= 0.6 is 0 Å². The van der Waals surface area contributed by atoms with Gasteiger partial charge in [-0.25, -0.2) is 0 Å². The first kappa shape index (κ1) is 37.4. The zero-order chi connectivity index (χ0) is 38.8. The van der Waals surface area contributed by atoms with E-state index in [0.29, 0.717) is 50.1 Å². The predicted octanol–water partition coefficient (Wildman–Crippen LogP) is 6.90. The molecule has 0 spiro atoms. The number of fused-ring (bicyclic) bond motifs is 2. The van der Waals surface area contributed by atoms with Gasteiger partial charge in [-0.3, -0.25) is 19.3 Å². The van der Waals surface area contributed by atoms with E-state index in [9.17, 15) is 14.4 Å². The number of aromatic nitrogens is 1. The van der Waals surface area contributed by atoms with Crippen LogP contribution in [-0.2, 0) is 44.2 Å². The summed E-state index contributed by atoms with van der Waals surface area (Å²) in [6, 6.07) is 31.9. The predicted molar refractivity (Wildman–Crippen MR) is 219 cm³/mol. The number of hydrogen-bond donors (Lipinski definition) is 0. The maximum Gasteiger partial charge on any atom is 0.259 e.